The summed E-state index contributed by atoms with van der Waals surface area (Å²) in [5.74, 6) is -0.855. The molecule has 0 aliphatic rings. The molecule has 4 nitrogen and oxygen atoms in total. The lowest BCUT2D eigenvalue weighted by Gasteiger charge is -2.21. The van der Waals surface area contributed by atoms with E-state index in [1.54, 1.807) is 13.1 Å². The fourth-order valence-corrected chi connectivity index (χ4v) is 2.17. The van der Waals surface area contributed by atoms with Gasteiger partial charge in [0.1, 0.15) is 6.04 Å². The highest BCUT2D eigenvalue weighted by atomic mass is 35.5. The number of carboxylic acids is 1. The van der Waals surface area contributed by atoms with E-state index in [0.717, 1.165) is 5.00 Å². The van der Waals surface area contributed by atoms with Crippen LogP contribution in [-0.2, 0) is 4.79 Å². The van der Waals surface area contributed by atoms with Crippen LogP contribution < -0.4 is 10.2 Å². The molecule has 1 atom stereocenters. The largest absolute Gasteiger partial charge is 0.480 e. The first-order valence-electron chi connectivity index (χ1n) is 4.41. The first-order valence-corrected chi connectivity index (χ1v) is 5.60. The number of thiophene rings is 1. The van der Waals surface area contributed by atoms with Gasteiger partial charge >= 0.3 is 5.97 Å². The molecule has 0 spiro atoms. The Morgan fingerprint density at radius 3 is 2.80 bits per heavy atom. The Labute approximate surface area is 97.5 Å². The van der Waals surface area contributed by atoms with Gasteiger partial charge in [-0.3, -0.25) is 4.79 Å². The Balaban J connectivity index is 2.62. The summed E-state index contributed by atoms with van der Waals surface area (Å²) in [6.45, 7) is 0.405. The second-order valence-electron chi connectivity index (χ2n) is 3.14. The van der Waals surface area contributed by atoms with Crippen molar-refractivity contribution in [2.75, 3.05) is 25.5 Å². The minimum atomic E-state index is -0.855. The number of likely N-dealkylation sites (N-methyl/N-ethyl adjacent to an activating group) is 2. The second-order valence-corrected chi connectivity index (χ2v) is 4.83. The van der Waals surface area contributed by atoms with E-state index in [0.29, 0.717) is 10.9 Å². The molecule has 0 radical (unpaired) electrons. The number of halogens is 1. The van der Waals surface area contributed by atoms with Crippen molar-refractivity contribution in [2.24, 2.45) is 0 Å². The number of carboxylic acid groups (broad SMARTS) is 1. The van der Waals surface area contributed by atoms with Crippen LogP contribution in [0.3, 0.4) is 0 Å². The highest BCUT2D eigenvalue weighted by molar-refractivity contribution is 7.19. The summed E-state index contributed by atoms with van der Waals surface area (Å²) in [5, 5.41) is 12.6. The molecule has 0 fully saturated rings. The Kier molecular flexibility index (Phi) is 4.38. The molecule has 15 heavy (non-hydrogen) atoms. The minimum Gasteiger partial charge on any atom is -0.480 e. The van der Waals surface area contributed by atoms with Crippen LogP contribution in [0.2, 0.25) is 4.34 Å². The summed E-state index contributed by atoms with van der Waals surface area (Å²) in [7, 11) is 3.48. The molecule has 0 aromatic carbocycles. The minimum absolute atomic E-state index is 0.405. The van der Waals surface area contributed by atoms with Gasteiger partial charge in [0.2, 0.25) is 0 Å². The molecule has 84 valence electrons. The Morgan fingerprint density at radius 2 is 2.40 bits per heavy atom. The fourth-order valence-electron chi connectivity index (χ4n) is 1.17. The van der Waals surface area contributed by atoms with Gasteiger partial charge in [0.15, 0.2) is 0 Å². The van der Waals surface area contributed by atoms with Crippen LogP contribution >= 0.6 is 22.9 Å². The van der Waals surface area contributed by atoms with Gasteiger partial charge in [-0.05, 0) is 19.2 Å². The lowest BCUT2D eigenvalue weighted by molar-refractivity contribution is -0.139. The zero-order chi connectivity index (χ0) is 11.4. The van der Waals surface area contributed by atoms with E-state index in [2.05, 4.69) is 5.32 Å². The van der Waals surface area contributed by atoms with Crippen molar-refractivity contribution in [3.63, 3.8) is 0 Å². The quantitative estimate of drug-likeness (QED) is 0.830. The number of aliphatic carboxylic acids is 1. The number of anilines is 1. The average molecular weight is 249 g/mol. The van der Waals surface area contributed by atoms with Crippen molar-refractivity contribution in [2.45, 2.75) is 6.04 Å². The van der Waals surface area contributed by atoms with E-state index >= 15 is 0 Å². The Hall–Kier alpha value is -0.780. The first kappa shape index (κ1) is 12.3. The van der Waals surface area contributed by atoms with Crippen LogP contribution in [0, 0.1) is 0 Å². The van der Waals surface area contributed by atoms with Crippen LogP contribution in [-0.4, -0.2) is 37.8 Å². The number of rotatable bonds is 5. The third kappa shape index (κ3) is 3.37. The fraction of sp³-hybridized carbons (Fsp3) is 0.444. The van der Waals surface area contributed by atoms with Gasteiger partial charge in [0, 0.05) is 13.6 Å². The normalized spacial score (nSPS) is 12.5. The lowest BCUT2D eigenvalue weighted by Crippen LogP contribution is -2.43. The van der Waals surface area contributed by atoms with Crippen molar-refractivity contribution in [3.05, 3.63) is 16.5 Å². The molecule has 0 aliphatic carbocycles. The van der Waals surface area contributed by atoms with Gasteiger partial charge in [0.05, 0.1) is 9.34 Å². The molecular weight excluding hydrogens is 236 g/mol. The topological polar surface area (TPSA) is 52.6 Å². The SMILES string of the molecule is CNC(CN(C)c1ccc(Cl)s1)C(=O)O. The van der Waals surface area contributed by atoms with Crippen LogP contribution in [0.4, 0.5) is 5.00 Å². The van der Waals surface area contributed by atoms with Crippen LogP contribution in [0.5, 0.6) is 0 Å². The maximum atomic E-state index is 10.8. The molecule has 0 aliphatic heterocycles. The molecule has 1 heterocycles. The second kappa shape index (κ2) is 5.34. The first-order chi connectivity index (χ1) is 7.04. The zero-order valence-corrected chi connectivity index (χ0v) is 10.1. The number of hydrogen-bond acceptors (Lipinski definition) is 4. The molecule has 1 rings (SSSR count). The predicted molar refractivity (Wildman–Crippen MR) is 63.1 cm³/mol. The molecule has 1 unspecified atom stereocenters. The standard InChI is InChI=1S/C9H13ClN2O2S/c1-11-6(9(13)14)5-12(2)8-4-3-7(10)15-8/h3-4,6,11H,5H2,1-2H3,(H,13,14). The molecule has 0 bridgehead atoms. The summed E-state index contributed by atoms with van der Waals surface area (Å²) in [6, 6.07) is 3.10. The van der Waals surface area contributed by atoms with Gasteiger partial charge < -0.3 is 15.3 Å². The van der Waals surface area contributed by atoms with E-state index in [1.165, 1.54) is 11.3 Å². The molecule has 2 N–H and O–H groups in total. The molecule has 6 heteroatoms. The van der Waals surface area contributed by atoms with E-state index in [1.807, 2.05) is 18.0 Å². The smallest absolute Gasteiger partial charge is 0.322 e. The van der Waals surface area contributed by atoms with Crippen LogP contribution in [0.15, 0.2) is 12.1 Å². The predicted octanol–water partition coefficient (Wildman–Crippen LogP) is 1.51. The monoisotopic (exact) mass is 248 g/mol. The molecular formula is C9H13ClN2O2S. The van der Waals surface area contributed by atoms with Gasteiger partial charge in [-0.25, -0.2) is 0 Å². The van der Waals surface area contributed by atoms with Crippen molar-refractivity contribution in [1.29, 1.82) is 0 Å². The Bertz CT molecular complexity index is 343. The molecule has 0 saturated heterocycles. The van der Waals surface area contributed by atoms with Gasteiger partial charge in [-0.2, -0.15) is 0 Å². The summed E-state index contributed by atoms with van der Waals surface area (Å²) < 4.78 is 0.702. The molecule has 0 amide bonds. The summed E-state index contributed by atoms with van der Waals surface area (Å²) >= 11 is 7.23. The summed E-state index contributed by atoms with van der Waals surface area (Å²) in [6.07, 6.45) is 0. The van der Waals surface area contributed by atoms with Crippen LogP contribution in [0.1, 0.15) is 0 Å². The van der Waals surface area contributed by atoms with Gasteiger partial charge in [0.25, 0.3) is 0 Å². The third-order valence-electron chi connectivity index (χ3n) is 2.04. The number of nitrogens with zero attached hydrogens (tertiary/aromatic N) is 1. The highest BCUT2D eigenvalue weighted by Gasteiger charge is 2.17. The average Bonchev–Trinajstić information content (AvgIpc) is 2.60. The van der Waals surface area contributed by atoms with E-state index in [-0.39, 0.29) is 0 Å². The third-order valence-corrected chi connectivity index (χ3v) is 3.38. The number of hydrogen-bond donors (Lipinski definition) is 2. The zero-order valence-electron chi connectivity index (χ0n) is 8.53. The van der Waals surface area contributed by atoms with Crippen molar-refractivity contribution in [1.82, 2.24) is 5.32 Å². The van der Waals surface area contributed by atoms with Gasteiger partial charge in [-0.15, -0.1) is 11.3 Å². The molecule has 0 saturated carbocycles. The lowest BCUT2D eigenvalue weighted by atomic mass is 10.3. The highest BCUT2D eigenvalue weighted by Crippen LogP contribution is 2.28. The maximum Gasteiger partial charge on any atom is 0.322 e. The van der Waals surface area contributed by atoms with E-state index < -0.39 is 12.0 Å². The Morgan fingerprint density at radius 1 is 1.73 bits per heavy atom. The summed E-state index contributed by atoms with van der Waals surface area (Å²) in [4.78, 5) is 12.7. The number of nitrogens with one attached hydrogen (secondary N) is 1. The number of carbonyl (C=O) groups is 1. The van der Waals surface area contributed by atoms with Crippen LogP contribution in [0.25, 0.3) is 0 Å². The van der Waals surface area contributed by atoms with Crippen molar-refractivity contribution >= 4 is 33.9 Å². The van der Waals surface area contributed by atoms with Gasteiger partial charge in [-0.1, -0.05) is 11.6 Å². The molecule has 1 aromatic heterocycles. The van der Waals surface area contributed by atoms with Crippen molar-refractivity contribution in [3.8, 4) is 0 Å². The van der Waals surface area contributed by atoms with Crippen molar-refractivity contribution < 1.29 is 9.90 Å². The van der Waals surface area contributed by atoms with E-state index in [4.69, 9.17) is 16.7 Å². The van der Waals surface area contributed by atoms with E-state index in [9.17, 15) is 4.79 Å². The summed E-state index contributed by atoms with van der Waals surface area (Å²) in [5.41, 5.74) is 0. The molecule has 1 aromatic rings. The maximum absolute atomic E-state index is 10.8.